The van der Waals surface area contributed by atoms with Crippen LogP contribution in [0.5, 0.6) is 0 Å². The van der Waals surface area contributed by atoms with Gasteiger partial charge in [0.15, 0.2) is 31.0 Å². The predicted molar refractivity (Wildman–Crippen MR) is 44.3 cm³/mol. The van der Waals surface area contributed by atoms with Crippen molar-refractivity contribution in [1.82, 2.24) is 4.67 Å². The Labute approximate surface area is 65.1 Å². The van der Waals surface area contributed by atoms with Crippen molar-refractivity contribution in [1.29, 1.82) is 0 Å². The summed E-state index contributed by atoms with van der Waals surface area (Å²) in [5.41, 5.74) is 0. The largest absolute Gasteiger partial charge is 0.318 e. The molecule has 0 aromatic rings. The monoisotopic (exact) mass is 268 g/mol. The zero-order valence-electron chi connectivity index (χ0n) is 4.03. The smallest absolute Gasteiger partial charge is 0.151 e. The number of hydrogen-bond donors (Lipinski definition) is 0. The summed E-state index contributed by atoms with van der Waals surface area (Å²) in [6.07, 6.45) is 0. The first-order chi connectivity index (χ1) is 2.94. The van der Waals surface area contributed by atoms with E-state index in [1.807, 2.05) is 18.8 Å². The van der Waals surface area contributed by atoms with Crippen LogP contribution in [0.2, 0.25) is 0 Å². The molecule has 1 nitrogen and oxygen atoms in total. The molecule has 5 heteroatoms. The van der Waals surface area contributed by atoms with Gasteiger partial charge in [-0.25, -0.2) is 0 Å². The first-order valence-electron chi connectivity index (χ1n) is 1.60. The second-order valence-electron chi connectivity index (χ2n) is 1.27. The van der Waals surface area contributed by atoms with E-state index in [9.17, 15) is 0 Å². The molecule has 0 saturated heterocycles. The fraction of sp³-hybridized carbons (Fsp3) is 1.00. The van der Waals surface area contributed by atoms with Crippen LogP contribution in [0.4, 0.5) is 0 Å². The Morgan fingerprint density at radius 2 is 1.57 bits per heavy atom. The molecular weight excluding hydrogens is 264 g/mol. The second kappa shape index (κ2) is 2.98. The third kappa shape index (κ3) is 4.16. The Hall–Kier alpha value is 1.64. The molecule has 0 fully saturated rings. The summed E-state index contributed by atoms with van der Waals surface area (Å²) < 4.78 is 0.340. The van der Waals surface area contributed by atoms with Crippen LogP contribution in [-0.2, 0) is 0 Å². The normalized spacial score (nSPS) is 12.9. The Balaban J connectivity index is 3.54. The Kier molecular flexibility index (Phi) is 3.67. The van der Waals surface area contributed by atoms with Crippen LogP contribution in [0.25, 0.3) is 0 Å². The van der Waals surface area contributed by atoms with Crippen molar-refractivity contribution in [3.05, 3.63) is 0 Å². The molecule has 0 radical (unpaired) electrons. The molecule has 44 valence electrons. The van der Waals surface area contributed by atoms with Crippen molar-refractivity contribution in [3.8, 4) is 0 Å². The third-order valence-electron chi connectivity index (χ3n) is 0.454. The minimum atomic E-state index is -1.56. The van der Waals surface area contributed by atoms with Crippen molar-refractivity contribution in [2.45, 2.75) is 0 Å². The molecule has 0 aliphatic carbocycles. The van der Waals surface area contributed by atoms with Crippen LogP contribution in [-0.4, -0.2) is 18.8 Å². The lowest BCUT2D eigenvalue weighted by Gasteiger charge is -2.06. The Morgan fingerprint density at radius 1 is 1.43 bits per heavy atom. The lowest BCUT2D eigenvalue weighted by atomic mass is 11.3. The van der Waals surface area contributed by atoms with E-state index < -0.39 is 4.17 Å². The molecule has 0 spiro atoms. The van der Waals surface area contributed by atoms with Crippen LogP contribution in [0.15, 0.2) is 0 Å². The van der Waals surface area contributed by atoms with Crippen LogP contribution < -0.4 is 0 Å². The lowest BCUT2D eigenvalue weighted by molar-refractivity contribution is 0.695. The molecule has 0 unspecified atom stereocenters. The molecule has 0 aromatic heterocycles. The Bertz CT molecular complexity index is 61.2. The molecule has 0 bridgehead atoms. The summed E-state index contributed by atoms with van der Waals surface area (Å²) in [5, 5.41) is 0. The van der Waals surface area contributed by atoms with E-state index in [0.29, 0.717) is 0 Å². The van der Waals surface area contributed by atoms with E-state index in [0.717, 1.165) is 0 Å². The lowest BCUT2D eigenvalue weighted by Crippen LogP contribution is -2.00. The maximum atomic E-state index is 5.74. The molecule has 0 aliphatic rings. The van der Waals surface area contributed by atoms with Crippen LogP contribution in [0.3, 0.4) is 0 Å². The molecule has 0 rings (SSSR count). The van der Waals surface area contributed by atoms with Gasteiger partial charge in [0.1, 0.15) is 11.2 Å². The fourth-order valence-electron chi connectivity index (χ4n) is 0. The van der Waals surface area contributed by atoms with Gasteiger partial charge < -0.3 is 0 Å². The molecule has 0 aromatic carbocycles. The van der Waals surface area contributed by atoms with Crippen LogP contribution >= 0.6 is 46.4 Å². The molecule has 7 heavy (non-hydrogen) atoms. The van der Waals surface area contributed by atoms with Crippen molar-refractivity contribution < 1.29 is 0 Å². The maximum Gasteiger partial charge on any atom is 0.318 e. The van der Waals surface area contributed by atoms with Crippen molar-refractivity contribution in [2.24, 2.45) is 0 Å². The molecule has 0 atom stereocenters. The van der Waals surface area contributed by atoms with E-state index in [4.69, 9.17) is 11.2 Å². The minimum absolute atomic E-state index is 1.56. The first kappa shape index (κ1) is 8.64. The quantitative estimate of drug-likeness (QED) is 0.661. The minimum Gasteiger partial charge on any atom is -0.151 e. The molecule has 0 heterocycles. The van der Waals surface area contributed by atoms with Crippen LogP contribution in [0.1, 0.15) is 0 Å². The molecule has 0 saturated carbocycles. The van der Waals surface area contributed by atoms with E-state index in [2.05, 4.69) is 31.0 Å². The first-order valence-corrected chi connectivity index (χ1v) is 8.29. The summed E-state index contributed by atoms with van der Waals surface area (Å²) in [6, 6.07) is 0. The van der Waals surface area contributed by atoms with Gasteiger partial charge in [-0.05, 0) is 0 Å². The maximum absolute atomic E-state index is 5.74. The van der Waals surface area contributed by atoms with Gasteiger partial charge in [-0.3, -0.25) is 0 Å². The van der Waals surface area contributed by atoms with Crippen LogP contribution in [0, 0.1) is 0 Å². The van der Waals surface area contributed by atoms with E-state index in [1.165, 1.54) is 0 Å². The highest BCUT2D eigenvalue weighted by Gasteiger charge is 2.33. The van der Waals surface area contributed by atoms with Gasteiger partial charge in [0.25, 0.3) is 0 Å². The molecular formula is C2H6Br2ClNP+. The van der Waals surface area contributed by atoms with Crippen molar-refractivity contribution >= 4 is 46.4 Å². The van der Waals surface area contributed by atoms with E-state index in [1.54, 1.807) is 0 Å². The van der Waals surface area contributed by atoms with Gasteiger partial charge >= 0.3 is 4.17 Å². The SMILES string of the molecule is CN(C)[P+](Cl)(Br)Br. The summed E-state index contributed by atoms with van der Waals surface area (Å²) in [6.45, 7) is 0. The van der Waals surface area contributed by atoms with Gasteiger partial charge in [0.05, 0.1) is 0 Å². The molecule has 0 aliphatic heterocycles. The topological polar surface area (TPSA) is 3.24 Å². The van der Waals surface area contributed by atoms with E-state index >= 15 is 0 Å². The molecule has 0 amide bonds. The standard InChI is InChI=1S/C2H6Br2ClNP/c1-6(2)7(3,4)5/h1-2H3/q+1. The fourth-order valence-corrected chi connectivity index (χ4v) is 0. The zero-order chi connectivity index (χ0) is 6.08. The summed E-state index contributed by atoms with van der Waals surface area (Å²) >= 11 is 12.3. The average Bonchev–Trinajstić information content (AvgIpc) is 1.31. The second-order valence-corrected chi connectivity index (χ2v) is 15.8. The number of nitrogens with zero attached hydrogens (tertiary/aromatic N) is 1. The third-order valence-corrected chi connectivity index (χ3v) is 6.07. The highest BCUT2D eigenvalue weighted by atomic mass is 79.9. The highest BCUT2D eigenvalue weighted by Crippen LogP contribution is 2.78. The van der Waals surface area contributed by atoms with Gasteiger partial charge in [-0.2, -0.15) is 4.67 Å². The van der Waals surface area contributed by atoms with Crippen molar-refractivity contribution in [3.63, 3.8) is 0 Å². The summed E-state index contributed by atoms with van der Waals surface area (Å²) in [5.74, 6) is 0. The average molecular weight is 270 g/mol. The van der Waals surface area contributed by atoms with Crippen molar-refractivity contribution in [2.75, 3.05) is 14.1 Å². The zero-order valence-corrected chi connectivity index (χ0v) is 8.85. The molecule has 0 N–H and O–H groups in total. The van der Waals surface area contributed by atoms with Gasteiger partial charge in [-0.15, -0.1) is 0 Å². The van der Waals surface area contributed by atoms with Gasteiger partial charge in [-0.1, -0.05) is 0 Å². The van der Waals surface area contributed by atoms with Gasteiger partial charge in [0, 0.05) is 14.1 Å². The summed E-state index contributed by atoms with van der Waals surface area (Å²) in [7, 11) is 3.81. The number of hydrogen-bond acceptors (Lipinski definition) is 1. The summed E-state index contributed by atoms with van der Waals surface area (Å²) in [4.78, 5) is 0. The van der Waals surface area contributed by atoms with E-state index in [-0.39, 0.29) is 0 Å². The number of rotatable bonds is 1. The number of halogens is 3. The highest BCUT2D eigenvalue weighted by molar-refractivity contribution is 9.75. The Morgan fingerprint density at radius 3 is 1.57 bits per heavy atom. The van der Waals surface area contributed by atoms with Gasteiger partial charge in [0.2, 0.25) is 0 Å². The predicted octanol–water partition coefficient (Wildman–Crippen LogP) is 3.25.